The zero-order valence-electron chi connectivity index (χ0n) is 15.2. The average Bonchev–Trinajstić information content (AvgIpc) is 2.67. The number of nitriles is 1. The molecule has 0 heterocycles. The lowest BCUT2D eigenvalue weighted by molar-refractivity contribution is -0.123. The molecule has 0 radical (unpaired) electrons. The van der Waals surface area contributed by atoms with Crippen molar-refractivity contribution in [2.45, 2.75) is 20.0 Å². The summed E-state index contributed by atoms with van der Waals surface area (Å²) in [6, 6.07) is 15.3. The van der Waals surface area contributed by atoms with Crippen LogP contribution in [0, 0.1) is 11.3 Å². The van der Waals surface area contributed by atoms with Crippen molar-refractivity contribution in [3.8, 4) is 17.6 Å². The van der Waals surface area contributed by atoms with Gasteiger partial charge in [0.25, 0.3) is 11.8 Å². The van der Waals surface area contributed by atoms with Gasteiger partial charge in [-0.05, 0) is 50.2 Å². The molecule has 7 heteroatoms. The van der Waals surface area contributed by atoms with Crippen molar-refractivity contribution >= 4 is 17.5 Å². The molecule has 1 unspecified atom stereocenters. The number of nitrogens with zero attached hydrogens (tertiary/aromatic N) is 1. The lowest BCUT2D eigenvalue weighted by atomic mass is 10.2. The van der Waals surface area contributed by atoms with Crippen LogP contribution < -0.4 is 20.1 Å². The molecule has 1 atom stereocenters. The lowest BCUT2D eigenvalue weighted by Crippen LogP contribution is -2.30. The van der Waals surface area contributed by atoms with Gasteiger partial charge in [-0.15, -0.1) is 0 Å². The van der Waals surface area contributed by atoms with Crippen LogP contribution in [0.5, 0.6) is 11.5 Å². The molecule has 0 aliphatic heterocycles. The summed E-state index contributed by atoms with van der Waals surface area (Å²) in [5.74, 6) is 0.423. The molecule has 27 heavy (non-hydrogen) atoms. The minimum absolute atomic E-state index is 0.0938. The number of amides is 2. The van der Waals surface area contributed by atoms with Crippen LogP contribution in [0.1, 0.15) is 19.4 Å². The highest BCUT2D eigenvalue weighted by Crippen LogP contribution is 2.18. The number of carbonyl (C=O) groups is 2. The fraction of sp³-hybridized carbons (Fsp3) is 0.250. The maximum atomic E-state index is 12.3. The summed E-state index contributed by atoms with van der Waals surface area (Å²) < 4.78 is 11.0. The topological polar surface area (TPSA) is 100 Å². The number of carbonyl (C=O) groups excluding carboxylic acids is 2. The highest BCUT2D eigenvalue weighted by molar-refractivity contribution is 5.94. The smallest absolute Gasteiger partial charge is 0.265 e. The quantitative estimate of drug-likeness (QED) is 0.746. The first-order valence-corrected chi connectivity index (χ1v) is 8.49. The zero-order chi connectivity index (χ0) is 19.6. The number of nitrogens with one attached hydrogen (secondary N) is 2. The van der Waals surface area contributed by atoms with Gasteiger partial charge >= 0.3 is 0 Å². The number of benzene rings is 2. The van der Waals surface area contributed by atoms with Gasteiger partial charge in [0.15, 0.2) is 12.7 Å². The second-order valence-electron chi connectivity index (χ2n) is 5.66. The van der Waals surface area contributed by atoms with E-state index >= 15 is 0 Å². The van der Waals surface area contributed by atoms with Crippen LogP contribution in [-0.2, 0) is 9.59 Å². The molecule has 0 fully saturated rings. The molecule has 0 bridgehead atoms. The molecule has 0 aliphatic rings. The van der Waals surface area contributed by atoms with Gasteiger partial charge in [-0.25, -0.2) is 0 Å². The summed E-state index contributed by atoms with van der Waals surface area (Å²) in [5, 5.41) is 14.2. The molecule has 0 saturated heterocycles. The van der Waals surface area contributed by atoms with Gasteiger partial charge in [0.05, 0.1) is 11.6 Å². The Hall–Kier alpha value is -3.53. The first-order chi connectivity index (χ1) is 13.0. The van der Waals surface area contributed by atoms with Gasteiger partial charge in [0, 0.05) is 18.3 Å². The Kier molecular flexibility index (Phi) is 7.20. The van der Waals surface area contributed by atoms with Gasteiger partial charge in [-0.1, -0.05) is 6.07 Å². The van der Waals surface area contributed by atoms with Gasteiger partial charge in [0.2, 0.25) is 0 Å². The number of rotatable bonds is 8. The third-order valence-electron chi connectivity index (χ3n) is 3.51. The number of hydrogen-bond donors (Lipinski definition) is 2. The number of hydrogen-bond acceptors (Lipinski definition) is 5. The van der Waals surface area contributed by atoms with E-state index in [0.29, 0.717) is 29.3 Å². The van der Waals surface area contributed by atoms with E-state index in [2.05, 4.69) is 10.6 Å². The molecule has 0 saturated carbocycles. The predicted molar refractivity (Wildman–Crippen MR) is 100 cm³/mol. The summed E-state index contributed by atoms with van der Waals surface area (Å²) in [4.78, 5) is 23.8. The van der Waals surface area contributed by atoms with Crippen molar-refractivity contribution < 1.29 is 19.1 Å². The summed E-state index contributed by atoms with van der Waals surface area (Å²) in [6.45, 7) is 3.90. The fourth-order valence-electron chi connectivity index (χ4n) is 2.17. The largest absolute Gasteiger partial charge is 0.484 e. The fourth-order valence-corrected chi connectivity index (χ4v) is 2.17. The molecule has 0 spiro atoms. The molecule has 2 aromatic rings. The van der Waals surface area contributed by atoms with Gasteiger partial charge in [-0.3, -0.25) is 9.59 Å². The van der Waals surface area contributed by atoms with Crippen molar-refractivity contribution in [3.63, 3.8) is 0 Å². The van der Waals surface area contributed by atoms with E-state index in [9.17, 15) is 9.59 Å². The summed E-state index contributed by atoms with van der Waals surface area (Å²) in [6.07, 6.45) is -0.738. The SMILES string of the molecule is CCNC(=O)COc1cccc(NC(=O)C(C)Oc2ccc(C#N)cc2)c1. The van der Waals surface area contributed by atoms with E-state index in [-0.39, 0.29) is 18.4 Å². The summed E-state index contributed by atoms with van der Waals surface area (Å²) in [5.41, 5.74) is 1.05. The minimum atomic E-state index is -0.738. The Bertz CT molecular complexity index is 828. The van der Waals surface area contributed by atoms with E-state index < -0.39 is 6.10 Å². The van der Waals surface area contributed by atoms with E-state index in [4.69, 9.17) is 14.7 Å². The maximum absolute atomic E-state index is 12.3. The molecule has 2 amide bonds. The highest BCUT2D eigenvalue weighted by atomic mass is 16.5. The van der Waals surface area contributed by atoms with E-state index in [1.165, 1.54) is 0 Å². The van der Waals surface area contributed by atoms with Gasteiger partial charge in [-0.2, -0.15) is 5.26 Å². The Morgan fingerprint density at radius 2 is 1.89 bits per heavy atom. The second-order valence-corrected chi connectivity index (χ2v) is 5.66. The van der Waals surface area contributed by atoms with Crippen LogP contribution in [0.2, 0.25) is 0 Å². The average molecular weight is 367 g/mol. The van der Waals surface area contributed by atoms with Crippen LogP contribution >= 0.6 is 0 Å². The molecule has 0 aliphatic carbocycles. The Labute approximate surface area is 157 Å². The van der Waals surface area contributed by atoms with Crippen LogP contribution in [0.4, 0.5) is 5.69 Å². The van der Waals surface area contributed by atoms with Crippen molar-refractivity contribution in [3.05, 3.63) is 54.1 Å². The Morgan fingerprint density at radius 1 is 1.15 bits per heavy atom. The first kappa shape index (κ1) is 19.8. The van der Waals surface area contributed by atoms with Gasteiger partial charge < -0.3 is 20.1 Å². The molecule has 2 aromatic carbocycles. The van der Waals surface area contributed by atoms with E-state index in [0.717, 1.165) is 0 Å². The highest BCUT2D eigenvalue weighted by Gasteiger charge is 2.15. The molecular formula is C20H21N3O4. The molecule has 2 N–H and O–H groups in total. The maximum Gasteiger partial charge on any atom is 0.265 e. The Morgan fingerprint density at radius 3 is 2.56 bits per heavy atom. The molecule has 2 rings (SSSR count). The summed E-state index contributed by atoms with van der Waals surface area (Å²) in [7, 11) is 0. The molecular weight excluding hydrogens is 346 g/mol. The van der Waals surface area contributed by atoms with Crippen molar-refractivity contribution in [1.82, 2.24) is 5.32 Å². The first-order valence-electron chi connectivity index (χ1n) is 8.49. The van der Waals surface area contributed by atoms with Crippen molar-refractivity contribution in [2.75, 3.05) is 18.5 Å². The van der Waals surface area contributed by atoms with Gasteiger partial charge in [0.1, 0.15) is 11.5 Å². The normalized spacial score (nSPS) is 11.0. The minimum Gasteiger partial charge on any atom is -0.484 e. The lowest BCUT2D eigenvalue weighted by Gasteiger charge is -2.15. The second kappa shape index (κ2) is 9.82. The van der Waals surface area contributed by atoms with Crippen LogP contribution in [0.3, 0.4) is 0 Å². The third-order valence-corrected chi connectivity index (χ3v) is 3.51. The Balaban J connectivity index is 1.91. The molecule has 140 valence electrons. The van der Waals surface area contributed by atoms with Crippen LogP contribution in [0.25, 0.3) is 0 Å². The number of likely N-dealkylation sites (N-methyl/N-ethyl adjacent to an activating group) is 1. The van der Waals surface area contributed by atoms with Crippen LogP contribution in [-0.4, -0.2) is 31.1 Å². The summed E-state index contributed by atoms with van der Waals surface area (Å²) >= 11 is 0. The predicted octanol–water partition coefficient (Wildman–Crippen LogP) is 2.48. The monoisotopic (exact) mass is 367 g/mol. The van der Waals surface area contributed by atoms with Crippen molar-refractivity contribution in [2.24, 2.45) is 0 Å². The van der Waals surface area contributed by atoms with E-state index in [1.54, 1.807) is 55.5 Å². The van der Waals surface area contributed by atoms with Crippen molar-refractivity contribution in [1.29, 1.82) is 5.26 Å². The zero-order valence-corrected chi connectivity index (χ0v) is 15.2. The van der Waals surface area contributed by atoms with Crippen LogP contribution in [0.15, 0.2) is 48.5 Å². The van der Waals surface area contributed by atoms with E-state index in [1.807, 2.05) is 13.0 Å². The molecule has 0 aromatic heterocycles. The number of anilines is 1. The standard InChI is InChI=1S/C20H21N3O4/c1-3-22-19(24)13-26-18-6-4-5-16(11-18)23-20(25)14(2)27-17-9-7-15(12-21)8-10-17/h4-11,14H,3,13H2,1-2H3,(H,22,24)(H,23,25). The number of ether oxygens (including phenoxy) is 2. The molecule has 7 nitrogen and oxygen atoms in total. The third kappa shape index (κ3) is 6.36.